The average Bonchev–Trinajstić information content (AvgIpc) is 2.41. The molecule has 0 amide bonds. The maximum Gasteiger partial charge on any atom is 0.103 e. The fraction of sp³-hybridized carbons (Fsp3) is 0.600. The molecular weight excluding hydrogens is 227 g/mol. The highest BCUT2D eigenvalue weighted by Gasteiger charge is 2.23. The lowest BCUT2D eigenvalue weighted by Gasteiger charge is -2.34. The standard InChI is InChI=1S/C15H21FN2/c16-14-5-7-18(8-6-14)11-15-9-12-3-1-2-4-13(12)10-17-15/h1-4,14-15,17H,5-11H2/t15-/m0/s1. The second-order valence-corrected chi connectivity index (χ2v) is 5.53. The Labute approximate surface area is 108 Å². The SMILES string of the molecule is FC1CCN(C[C@@H]2Cc3ccccc3CN2)CC1. The first-order valence-electron chi connectivity index (χ1n) is 6.98. The van der Waals surface area contributed by atoms with Crippen LogP contribution in [0.5, 0.6) is 0 Å². The largest absolute Gasteiger partial charge is 0.308 e. The Bertz CT molecular complexity index is 399. The molecule has 1 aromatic rings. The van der Waals surface area contributed by atoms with Gasteiger partial charge in [0.05, 0.1) is 0 Å². The number of alkyl halides is 1. The second kappa shape index (κ2) is 5.37. The zero-order valence-corrected chi connectivity index (χ0v) is 10.7. The third-order valence-electron chi connectivity index (χ3n) is 4.16. The van der Waals surface area contributed by atoms with Crippen LogP contribution in [-0.4, -0.2) is 36.7 Å². The molecule has 0 aliphatic carbocycles. The topological polar surface area (TPSA) is 15.3 Å². The number of piperidine rings is 1. The Morgan fingerprint density at radius 2 is 1.89 bits per heavy atom. The van der Waals surface area contributed by atoms with Gasteiger partial charge in [-0.15, -0.1) is 0 Å². The quantitative estimate of drug-likeness (QED) is 0.862. The third kappa shape index (κ3) is 2.73. The van der Waals surface area contributed by atoms with E-state index in [1.54, 1.807) is 0 Å². The van der Waals surface area contributed by atoms with Crippen molar-refractivity contribution in [3.8, 4) is 0 Å². The van der Waals surface area contributed by atoms with Crippen LogP contribution >= 0.6 is 0 Å². The summed E-state index contributed by atoms with van der Waals surface area (Å²) < 4.78 is 13.1. The Morgan fingerprint density at radius 3 is 2.67 bits per heavy atom. The summed E-state index contributed by atoms with van der Waals surface area (Å²) >= 11 is 0. The maximum absolute atomic E-state index is 13.1. The van der Waals surface area contributed by atoms with Crippen LogP contribution in [0, 0.1) is 0 Å². The summed E-state index contributed by atoms with van der Waals surface area (Å²) in [6.07, 6.45) is 1.96. The predicted octanol–water partition coefficient (Wildman–Crippen LogP) is 2.13. The summed E-state index contributed by atoms with van der Waals surface area (Å²) in [7, 11) is 0. The molecule has 3 heteroatoms. The van der Waals surface area contributed by atoms with Crippen molar-refractivity contribution in [2.45, 2.75) is 38.0 Å². The van der Waals surface area contributed by atoms with Crippen LogP contribution in [0.25, 0.3) is 0 Å². The molecule has 3 rings (SSSR count). The molecule has 1 aromatic carbocycles. The van der Waals surface area contributed by atoms with Crippen LogP contribution in [0.15, 0.2) is 24.3 Å². The summed E-state index contributed by atoms with van der Waals surface area (Å²) in [6, 6.07) is 9.18. The van der Waals surface area contributed by atoms with E-state index >= 15 is 0 Å². The van der Waals surface area contributed by atoms with Crippen molar-refractivity contribution in [2.24, 2.45) is 0 Å². The highest BCUT2D eigenvalue weighted by atomic mass is 19.1. The van der Waals surface area contributed by atoms with E-state index in [1.165, 1.54) is 11.1 Å². The number of rotatable bonds is 2. The molecule has 0 radical (unpaired) electrons. The van der Waals surface area contributed by atoms with Crippen molar-refractivity contribution in [1.29, 1.82) is 0 Å². The molecule has 2 nitrogen and oxygen atoms in total. The van der Waals surface area contributed by atoms with E-state index in [-0.39, 0.29) is 0 Å². The molecule has 1 atom stereocenters. The molecule has 2 heterocycles. The van der Waals surface area contributed by atoms with Gasteiger partial charge in [0.1, 0.15) is 6.17 Å². The molecule has 18 heavy (non-hydrogen) atoms. The molecule has 0 spiro atoms. The number of nitrogens with zero attached hydrogens (tertiary/aromatic N) is 1. The van der Waals surface area contributed by atoms with Gasteiger partial charge in [-0.1, -0.05) is 24.3 Å². The first kappa shape index (κ1) is 12.1. The Kier molecular flexibility index (Phi) is 3.62. The van der Waals surface area contributed by atoms with Gasteiger partial charge in [-0.05, 0) is 30.4 Å². The minimum absolute atomic E-state index is 0.524. The molecule has 2 aliphatic rings. The summed E-state index contributed by atoms with van der Waals surface area (Å²) in [6.45, 7) is 3.86. The van der Waals surface area contributed by atoms with E-state index in [4.69, 9.17) is 0 Å². The van der Waals surface area contributed by atoms with E-state index < -0.39 is 6.17 Å². The predicted molar refractivity (Wildman–Crippen MR) is 71.3 cm³/mol. The van der Waals surface area contributed by atoms with Crippen molar-refractivity contribution < 1.29 is 4.39 Å². The van der Waals surface area contributed by atoms with Crippen LogP contribution < -0.4 is 5.32 Å². The van der Waals surface area contributed by atoms with Crippen molar-refractivity contribution in [2.75, 3.05) is 19.6 Å². The molecule has 1 fully saturated rings. The Hall–Kier alpha value is -0.930. The number of likely N-dealkylation sites (tertiary alicyclic amines) is 1. The van der Waals surface area contributed by atoms with Crippen LogP contribution in [0.4, 0.5) is 4.39 Å². The van der Waals surface area contributed by atoms with Crippen molar-refractivity contribution in [3.05, 3.63) is 35.4 Å². The number of hydrogen-bond acceptors (Lipinski definition) is 2. The first-order valence-corrected chi connectivity index (χ1v) is 6.98. The van der Waals surface area contributed by atoms with Gasteiger partial charge >= 0.3 is 0 Å². The van der Waals surface area contributed by atoms with E-state index in [1.807, 2.05) is 0 Å². The van der Waals surface area contributed by atoms with Gasteiger partial charge in [0, 0.05) is 32.2 Å². The summed E-state index contributed by atoms with van der Waals surface area (Å²) in [5, 5.41) is 3.60. The van der Waals surface area contributed by atoms with Crippen LogP contribution in [0.3, 0.4) is 0 Å². The van der Waals surface area contributed by atoms with Crippen LogP contribution in [-0.2, 0) is 13.0 Å². The van der Waals surface area contributed by atoms with E-state index in [0.29, 0.717) is 18.9 Å². The van der Waals surface area contributed by atoms with E-state index in [9.17, 15) is 4.39 Å². The third-order valence-corrected chi connectivity index (χ3v) is 4.16. The lowest BCUT2D eigenvalue weighted by Crippen LogP contribution is -2.47. The summed E-state index contributed by atoms with van der Waals surface area (Å²) in [4.78, 5) is 2.40. The monoisotopic (exact) mass is 248 g/mol. The van der Waals surface area contributed by atoms with Gasteiger partial charge in [0.2, 0.25) is 0 Å². The van der Waals surface area contributed by atoms with Crippen LogP contribution in [0.2, 0.25) is 0 Å². The Morgan fingerprint density at radius 1 is 1.17 bits per heavy atom. The molecular formula is C15H21FN2. The number of nitrogens with one attached hydrogen (secondary N) is 1. The number of fused-ring (bicyclic) bond motifs is 1. The number of hydrogen-bond donors (Lipinski definition) is 1. The zero-order valence-electron chi connectivity index (χ0n) is 10.7. The molecule has 1 N–H and O–H groups in total. The molecule has 0 saturated carbocycles. The molecule has 2 aliphatic heterocycles. The van der Waals surface area contributed by atoms with Crippen LogP contribution in [0.1, 0.15) is 24.0 Å². The number of benzene rings is 1. The van der Waals surface area contributed by atoms with Crippen molar-refractivity contribution >= 4 is 0 Å². The lowest BCUT2D eigenvalue weighted by atomic mass is 9.95. The summed E-state index contributed by atoms with van der Waals surface area (Å²) in [5.74, 6) is 0. The first-order chi connectivity index (χ1) is 8.81. The minimum atomic E-state index is -0.568. The van der Waals surface area contributed by atoms with Gasteiger partial charge < -0.3 is 10.2 Å². The lowest BCUT2D eigenvalue weighted by molar-refractivity contribution is 0.138. The van der Waals surface area contributed by atoms with Gasteiger partial charge in [-0.25, -0.2) is 4.39 Å². The Balaban J connectivity index is 1.56. The highest BCUT2D eigenvalue weighted by molar-refractivity contribution is 5.29. The van der Waals surface area contributed by atoms with Gasteiger partial charge in [-0.3, -0.25) is 0 Å². The van der Waals surface area contributed by atoms with Gasteiger partial charge in [0.15, 0.2) is 0 Å². The van der Waals surface area contributed by atoms with Gasteiger partial charge in [-0.2, -0.15) is 0 Å². The zero-order chi connectivity index (χ0) is 12.4. The smallest absolute Gasteiger partial charge is 0.103 e. The normalized spacial score (nSPS) is 25.9. The number of halogens is 1. The van der Waals surface area contributed by atoms with E-state index in [2.05, 4.69) is 34.5 Å². The van der Waals surface area contributed by atoms with Crippen molar-refractivity contribution in [1.82, 2.24) is 10.2 Å². The fourth-order valence-corrected chi connectivity index (χ4v) is 3.05. The van der Waals surface area contributed by atoms with Gasteiger partial charge in [0.25, 0.3) is 0 Å². The minimum Gasteiger partial charge on any atom is -0.308 e. The molecule has 0 aromatic heterocycles. The average molecular weight is 248 g/mol. The second-order valence-electron chi connectivity index (χ2n) is 5.53. The fourth-order valence-electron chi connectivity index (χ4n) is 3.05. The molecule has 98 valence electrons. The highest BCUT2D eigenvalue weighted by Crippen LogP contribution is 2.19. The maximum atomic E-state index is 13.1. The van der Waals surface area contributed by atoms with E-state index in [0.717, 1.165) is 32.6 Å². The van der Waals surface area contributed by atoms with Crippen molar-refractivity contribution in [3.63, 3.8) is 0 Å². The molecule has 1 saturated heterocycles. The summed E-state index contributed by atoms with van der Waals surface area (Å²) in [5.41, 5.74) is 2.90. The molecule has 0 unspecified atom stereocenters. The molecule has 0 bridgehead atoms.